The quantitative estimate of drug-likeness (QED) is 0.317. The number of benzene rings is 1. The highest BCUT2D eigenvalue weighted by Crippen LogP contribution is 2.17. The fourth-order valence-electron chi connectivity index (χ4n) is 2.60. The van der Waals surface area contributed by atoms with E-state index in [2.05, 4.69) is 0 Å². The highest BCUT2D eigenvalue weighted by Gasteiger charge is 2.23. The van der Waals surface area contributed by atoms with E-state index < -0.39 is 22.8 Å². The molecule has 0 bridgehead atoms. The lowest BCUT2D eigenvalue weighted by Crippen LogP contribution is -2.43. The number of carbonyl (C=O) groups excluding carboxylic acids is 1. The van der Waals surface area contributed by atoms with Gasteiger partial charge in [-0.25, -0.2) is 9.18 Å². The molecule has 0 saturated heterocycles. The molecule has 9 heteroatoms. The molecular weight excluding hydrogens is 470 g/mol. The van der Waals surface area contributed by atoms with Crippen molar-refractivity contribution in [1.82, 2.24) is 9.13 Å². The molecule has 0 fully saturated rings. The Morgan fingerprint density at radius 2 is 1.89 bits per heavy atom. The fraction of sp³-hybridized carbons (Fsp3) is 0.389. The van der Waals surface area contributed by atoms with Crippen LogP contribution >= 0.6 is 22.6 Å². The topological polar surface area (TPSA) is 79.5 Å². The molecule has 27 heavy (non-hydrogen) atoms. The molecule has 2 rings (SSSR count). The summed E-state index contributed by atoms with van der Waals surface area (Å²) in [6, 6.07) is 4.64. The second-order valence-electron chi connectivity index (χ2n) is 5.91. The maximum absolute atomic E-state index is 14.3. The van der Waals surface area contributed by atoms with E-state index in [-0.39, 0.29) is 36.5 Å². The van der Waals surface area contributed by atoms with Crippen molar-refractivity contribution in [2.75, 3.05) is 26.9 Å². The first-order chi connectivity index (χ1) is 12.8. The Hall–Kier alpha value is -1.85. The third kappa shape index (κ3) is 4.90. The molecule has 7 nitrogen and oxygen atoms in total. The Morgan fingerprint density at radius 1 is 1.19 bits per heavy atom. The van der Waals surface area contributed by atoms with Gasteiger partial charge >= 0.3 is 5.69 Å². The number of halogens is 2. The van der Waals surface area contributed by atoms with Crippen LogP contribution in [0.4, 0.5) is 4.39 Å². The van der Waals surface area contributed by atoms with Crippen LogP contribution in [0.2, 0.25) is 0 Å². The number of ether oxygens (including phenoxy) is 2. The van der Waals surface area contributed by atoms with Gasteiger partial charge < -0.3 is 9.47 Å². The first kappa shape index (κ1) is 21.5. The van der Waals surface area contributed by atoms with Gasteiger partial charge in [-0.2, -0.15) is 0 Å². The maximum atomic E-state index is 14.3. The van der Waals surface area contributed by atoms with Crippen molar-refractivity contribution in [3.63, 3.8) is 0 Å². The van der Waals surface area contributed by atoms with E-state index in [1.165, 1.54) is 31.8 Å². The predicted molar refractivity (Wildman–Crippen MR) is 106 cm³/mol. The Balaban J connectivity index is 2.50. The highest BCUT2D eigenvalue weighted by atomic mass is 127. The molecule has 0 aliphatic heterocycles. The minimum atomic E-state index is -0.723. The minimum Gasteiger partial charge on any atom is -0.382 e. The molecule has 2 aromatic rings. The van der Waals surface area contributed by atoms with Gasteiger partial charge in [0.05, 0.1) is 13.2 Å². The van der Waals surface area contributed by atoms with Crippen LogP contribution in [0, 0.1) is 9.39 Å². The number of methoxy groups -OCH3 is 1. The van der Waals surface area contributed by atoms with E-state index in [9.17, 15) is 18.8 Å². The average Bonchev–Trinajstić information content (AvgIpc) is 2.63. The summed E-state index contributed by atoms with van der Waals surface area (Å²) in [5.74, 6) is -1.03. The number of carbonyl (C=O) groups is 1. The number of hydrogen-bond donors (Lipinski definition) is 0. The monoisotopic (exact) mass is 490 g/mol. The number of hydrogen-bond acceptors (Lipinski definition) is 5. The van der Waals surface area contributed by atoms with Gasteiger partial charge in [0.25, 0.3) is 5.56 Å². The molecule has 1 aromatic heterocycles. The number of ketones is 1. The summed E-state index contributed by atoms with van der Waals surface area (Å²) in [6.07, 6.45) is -0.0658. The largest absolute Gasteiger partial charge is 0.382 e. The summed E-state index contributed by atoms with van der Waals surface area (Å²) >= 11 is 1.98. The van der Waals surface area contributed by atoms with Crippen LogP contribution in [-0.4, -0.2) is 41.8 Å². The van der Waals surface area contributed by atoms with E-state index >= 15 is 0 Å². The van der Waals surface area contributed by atoms with Crippen LogP contribution < -0.4 is 11.2 Å². The van der Waals surface area contributed by atoms with Crippen molar-refractivity contribution in [2.45, 2.75) is 6.42 Å². The normalized spacial score (nSPS) is 11.0. The zero-order chi connectivity index (χ0) is 20.1. The summed E-state index contributed by atoms with van der Waals surface area (Å²) in [7, 11) is 4.24. The smallest absolute Gasteiger partial charge is 0.330 e. The Labute approximate surface area is 168 Å². The van der Waals surface area contributed by atoms with Crippen LogP contribution in [0.15, 0.2) is 27.8 Å². The first-order valence-electron chi connectivity index (χ1n) is 8.10. The maximum Gasteiger partial charge on any atom is 0.330 e. The molecule has 0 spiro atoms. The van der Waals surface area contributed by atoms with E-state index in [4.69, 9.17) is 9.47 Å². The molecule has 0 atom stereocenters. The number of rotatable bonds is 8. The van der Waals surface area contributed by atoms with Gasteiger partial charge in [-0.15, -0.1) is 0 Å². The molecule has 0 amide bonds. The average molecular weight is 490 g/mol. The van der Waals surface area contributed by atoms with Crippen molar-refractivity contribution in [1.29, 1.82) is 0 Å². The second-order valence-corrected chi connectivity index (χ2v) is 7.15. The van der Waals surface area contributed by atoms with Gasteiger partial charge in [0.15, 0.2) is 5.78 Å². The molecule has 146 valence electrons. The Morgan fingerprint density at radius 3 is 2.52 bits per heavy atom. The van der Waals surface area contributed by atoms with E-state index in [0.717, 1.165) is 8.14 Å². The first-order valence-corrected chi connectivity index (χ1v) is 9.18. The molecule has 0 saturated carbocycles. The van der Waals surface area contributed by atoms with Gasteiger partial charge in [-0.05, 0) is 40.3 Å². The van der Waals surface area contributed by atoms with E-state index in [0.29, 0.717) is 6.61 Å². The van der Waals surface area contributed by atoms with Gasteiger partial charge in [-0.3, -0.25) is 18.7 Å². The van der Waals surface area contributed by atoms with Crippen molar-refractivity contribution in [2.24, 2.45) is 14.1 Å². The van der Waals surface area contributed by atoms with Crippen molar-refractivity contribution >= 4 is 28.4 Å². The van der Waals surface area contributed by atoms with Crippen LogP contribution in [0.25, 0.3) is 0 Å². The lowest BCUT2D eigenvalue weighted by Gasteiger charge is -2.15. The van der Waals surface area contributed by atoms with Crippen LogP contribution in [0.3, 0.4) is 0 Å². The molecule has 0 N–H and O–H groups in total. The molecule has 0 unspecified atom stereocenters. The van der Waals surface area contributed by atoms with Crippen LogP contribution in [0.1, 0.15) is 21.6 Å². The number of aromatic nitrogens is 2. The van der Waals surface area contributed by atoms with Crippen molar-refractivity contribution in [3.05, 3.63) is 65.2 Å². The summed E-state index contributed by atoms with van der Waals surface area (Å²) in [5, 5.41) is 0. The lowest BCUT2D eigenvalue weighted by molar-refractivity contribution is 0.0574. The summed E-state index contributed by atoms with van der Waals surface area (Å²) in [5.41, 5.74) is -1.04. The van der Waals surface area contributed by atoms with Crippen LogP contribution in [-0.2, 0) is 30.0 Å². The second kappa shape index (κ2) is 9.38. The predicted octanol–water partition coefficient (Wildman–Crippen LogP) is 1.26. The summed E-state index contributed by atoms with van der Waals surface area (Å²) in [4.78, 5) is 37.5. The molecule has 0 aliphatic rings. The third-order valence-electron chi connectivity index (χ3n) is 4.10. The van der Waals surface area contributed by atoms with Crippen molar-refractivity contribution < 1.29 is 18.7 Å². The van der Waals surface area contributed by atoms with E-state index in [1.54, 1.807) is 12.1 Å². The van der Waals surface area contributed by atoms with Gasteiger partial charge in [-0.1, -0.05) is 6.07 Å². The summed E-state index contributed by atoms with van der Waals surface area (Å²) < 4.78 is 27.1. The molecule has 0 radical (unpaired) electrons. The minimum absolute atomic E-state index is 0.0658. The number of Topliss-reactive ketones (excluding diaryl/α,β-unsaturated/α-hetero) is 1. The van der Waals surface area contributed by atoms with Crippen LogP contribution in [0.5, 0.6) is 0 Å². The molecular formula is C18H20FIN2O5. The summed E-state index contributed by atoms with van der Waals surface area (Å²) in [6.45, 7) is 0.160. The Bertz CT molecular complexity index is 967. The lowest BCUT2D eigenvalue weighted by atomic mass is 10.0. The highest BCUT2D eigenvalue weighted by molar-refractivity contribution is 14.1. The zero-order valence-corrected chi connectivity index (χ0v) is 17.4. The SMILES string of the molecule is COCCOCC(=O)c1c(Cc2ccc(I)cc2F)n(C)c(=O)n(C)c1=O. The van der Waals surface area contributed by atoms with Crippen molar-refractivity contribution in [3.8, 4) is 0 Å². The van der Waals surface area contributed by atoms with Gasteiger partial charge in [0.2, 0.25) is 0 Å². The Kier molecular flexibility index (Phi) is 7.45. The molecule has 0 aliphatic carbocycles. The standard InChI is InChI=1S/C18H20FIN2O5/c1-21-14(8-11-4-5-12(20)9-13(11)19)16(17(24)22(2)18(21)25)15(23)10-27-7-6-26-3/h4-5,9H,6-8,10H2,1-3H3. The zero-order valence-electron chi connectivity index (χ0n) is 15.3. The van der Waals surface area contributed by atoms with Gasteiger partial charge in [0.1, 0.15) is 18.0 Å². The molecule has 1 aromatic carbocycles. The fourth-order valence-corrected chi connectivity index (χ4v) is 3.05. The number of nitrogens with zero attached hydrogens (tertiary/aromatic N) is 2. The van der Waals surface area contributed by atoms with Gasteiger partial charge in [0, 0.05) is 36.9 Å². The van der Waals surface area contributed by atoms with E-state index in [1.807, 2.05) is 22.6 Å². The molecule has 1 heterocycles. The third-order valence-corrected chi connectivity index (χ3v) is 4.77.